The molecule has 0 aliphatic rings. The molecule has 96 valence electrons. The predicted octanol–water partition coefficient (Wildman–Crippen LogP) is 3.47. The Bertz CT molecular complexity index is 499. The maximum atomic E-state index is 4.33. The Hall–Kier alpha value is -1.06. The van der Waals surface area contributed by atoms with Gasteiger partial charge in [-0.25, -0.2) is 0 Å². The van der Waals surface area contributed by atoms with E-state index in [4.69, 9.17) is 0 Å². The van der Waals surface area contributed by atoms with Gasteiger partial charge < -0.3 is 5.32 Å². The van der Waals surface area contributed by atoms with Crippen LogP contribution in [0.4, 0.5) is 0 Å². The molecule has 1 heterocycles. The molecular weight excluding hydrogens is 240 g/mol. The summed E-state index contributed by atoms with van der Waals surface area (Å²) in [5.74, 6) is 2.36. The summed E-state index contributed by atoms with van der Waals surface area (Å²) >= 11 is 1.98. The summed E-state index contributed by atoms with van der Waals surface area (Å²) in [5, 5.41) is 4.77. The summed E-state index contributed by atoms with van der Waals surface area (Å²) in [5.41, 5.74) is 2.39. The fourth-order valence-electron chi connectivity index (χ4n) is 1.88. The molecule has 1 aromatic carbocycles. The lowest BCUT2D eigenvalue weighted by Gasteiger charge is -2.13. The quantitative estimate of drug-likeness (QED) is 0.861. The molecule has 0 saturated heterocycles. The number of rotatable bonds is 6. The van der Waals surface area contributed by atoms with Crippen LogP contribution in [0.25, 0.3) is 10.9 Å². The highest BCUT2D eigenvalue weighted by Crippen LogP contribution is 2.13. The van der Waals surface area contributed by atoms with Gasteiger partial charge in [-0.2, -0.15) is 11.8 Å². The highest BCUT2D eigenvalue weighted by Gasteiger charge is 2.02. The molecular formula is C15H20N2S. The molecule has 2 aromatic rings. The Labute approximate surface area is 113 Å². The normalized spacial score (nSPS) is 12.8. The van der Waals surface area contributed by atoms with Crippen LogP contribution in [-0.2, 0) is 6.54 Å². The molecule has 0 amide bonds. The molecule has 0 fully saturated rings. The Morgan fingerprint density at radius 2 is 2.22 bits per heavy atom. The lowest BCUT2D eigenvalue weighted by Crippen LogP contribution is -2.27. The molecule has 0 radical (unpaired) electrons. The van der Waals surface area contributed by atoms with Gasteiger partial charge in [-0.05, 0) is 36.4 Å². The molecule has 1 aromatic heterocycles. The van der Waals surface area contributed by atoms with Crippen LogP contribution in [0.5, 0.6) is 0 Å². The van der Waals surface area contributed by atoms with Crippen molar-refractivity contribution in [1.29, 1.82) is 0 Å². The smallest absolute Gasteiger partial charge is 0.0702 e. The lowest BCUT2D eigenvalue weighted by molar-refractivity contribution is 0.596. The van der Waals surface area contributed by atoms with Crippen LogP contribution in [0.2, 0.25) is 0 Å². The van der Waals surface area contributed by atoms with E-state index in [1.165, 1.54) is 22.5 Å². The lowest BCUT2D eigenvalue weighted by atomic mass is 10.1. The third-order valence-corrected chi connectivity index (χ3v) is 4.04. The molecule has 1 atom stereocenters. The molecule has 0 aliphatic heterocycles. The van der Waals surface area contributed by atoms with E-state index in [9.17, 15) is 0 Å². The van der Waals surface area contributed by atoms with E-state index in [1.54, 1.807) is 0 Å². The number of nitrogens with zero attached hydrogens (tertiary/aromatic N) is 1. The fourth-order valence-corrected chi connectivity index (χ4v) is 2.59. The molecule has 0 spiro atoms. The number of hydrogen-bond donors (Lipinski definition) is 1. The summed E-state index contributed by atoms with van der Waals surface area (Å²) in [7, 11) is 0. The van der Waals surface area contributed by atoms with Gasteiger partial charge in [-0.3, -0.25) is 4.98 Å². The van der Waals surface area contributed by atoms with Crippen LogP contribution in [0, 0.1) is 0 Å². The summed E-state index contributed by atoms with van der Waals surface area (Å²) in [6.07, 6.45) is 1.84. The highest BCUT2D eigenvalue weighted by atomic mass is 32.2. The van der Waals surface area contributed by atoms with Crippen molar-refractivity contribution in [3.63, 3.8) is 0 Å². The second-order valence-corrected chi connectivity index (χ2v) is 5.79. The van der Waals surface area contributed by atoms with Crippen LogP contribution in [0.1, 0.15) is 19.4 Å². The number of aromatic nitrogens is 1. The summed E-state index contributed by atoms with van der Waals surface area (Å²) in [6.45, 7) is 5.37. The average molecular weight is 260 g/mol. The molecule has 2 nitrogen and oxygen atoms in total. The second-order valence-electron chi connectivity index (χ2n) is 4.47. The standard InChI is InChI=1S/C15H20N2S/c1-3-18-11-12(2)17-10-13-6-7-15-14(9-13)5-4-8-16-15/h4-9,12,17H,3,10-11H2,1-2H3. The van der Waals surface area contributed by atoms with Crippen molar-refractivity contribution in [2.24, 2.45) is 0 Å². The van der Waals surface area contributed by atoms with Crippen molar-refractivity contribution in [3.8, 4) is 0 Å². The van der Waals surface area contributed by atoms with E-state index in [0.717, 1.165) is 12.1 Å². The highest BCUT2D eigenvalue weighted by molar-refractivity contribution is 7.99. The van der Waals surface area contributed by atoms with Crippen LogP contribution in [-0.4, -0.2) is 22.5 Å². The van der Waals surface area contributed by atoms with Crippen molar-refractivity contribution in [2.75, 3.05) is 11.5 Å². The Kier molecular flexibility index (Phi) is 5.02. The van der Waals surface area contributed by atoms with Gasteiger partial charge in [0.15, 0.2) is 0 Å². The first-order chi connectivity index (χ1) is 8.79. The third-order valence-electron chi connectivity index (χ3n) is 2.89. The van der Waals surface area contributed by atoms with Crippen molar-refractivity contribution >= 4 is 22.7 Å². The number of hydrogen-bond acceptors (Lipinski definition) is 3. The number of thioether (sulfide) groups is 1. The van der Waals surface area contributed by atoms with Gasteiger partial charge in [0.05, 0.1) is 5.52 Å². The molecule has 0 saturated carbocycles. The van der Waals surface area contributed by atoms with Crippen molar-refractivity contribution < 1.29 is 0 Å². The first kappa shape index (κ1) is 13.4. The summed E-state index contributed by atoms with van der Waals surface area (Å²) < 4.78 is 0. The SMILES string of the molecule is CCSCC(C)NCc1ccc2ncccc2c1. The van der Waals surface area contributed by atoms with Crippen LogP contribution in [0.15, 0.2) is 36.5 Å². The summed E-state index contributed by atoms with van der Waals surface area (Å²) in [6, 6.07) is 11.1. The minimum atomic E-state index is 0.555. The third kappa shape index (κ3) is 3.72. The van der Waals surface area contributed by atoms with Gasteiger partial charge in [0.2, 0.25) is 0 Å². The van der Waals surface area contributed by atoms with Crippen LogP contribution < -0.4 is 5.32 Å². The first-order valence-corrected chi connectivity index (χ1v) is 7.60. The van der Waals surface area contributed by atoms with Gasteiger partial charge in [0, 0.05) is 29.9 Å². The number of nitrogens with one attached hydrogen (secondary N) is 1. The van der Waals surface area contributed by atoms with Crippen molar-refractivity contribution in [3.05, 3.63) is 42.1 Å². The zero-order valence-electron chi connectivity index (χ0n) is 11.0. The average Bonchev–Trinajstić information content (AvgIpc) is 2.42. The van der Waals surface area contributed by atoms with E-state index >= 15 is 0 Å². The molecule has 1 unspecified atom stereocenters. The van der Waals surface area contributed by atoms with E-state index < -0.39 is 0 Å². The molecule has 0 aliphatic carbocycles. The van der Waals surface area contributed by atoms with Crippen molar-refractivity contribution in [1.82, 2.24) is 10.3 Å². The molecule has 3 heteroatoms. The van der Waals surface area contributed by atoms with Gasteiger partial charge in [0.1, 0.15) is 0 Å². The van der Waals surface area contributed by atoms with Crippen LogP contribution >= 0.6 is 11.8 Å². The maximum Gasteiger partial charge on any atom is 0.0702 e. The van der Waals surface area contributed by atoms with E-state index in [1.807, 2.05) is 24.0 Å². The fraction of sp³-hybridized carbons (Fsp3) is 0.400. The van der Waals surface area contributed by atoms with Gasteiger partial charge in [-0.15, -0.1) is 0 Å². The largest absolute Gasteiger partial charge is 0.309 e. The second kappa shape index (κ2) is 6.76. The Balaban J connectivity index is 1.95. The van der Waals surface area contributed by atoms with E-state index in [0.29, 0.717) is 6.04 Å². The zero-order chi connectivity index (χ0) is 12.8. The number of pyridine rings is 1. The predicted molar refractivity (Wildman–Crippen MR) is 81.0 cm³/mol. The van der Waals surface area contributed by atoms with Crippen molar-refractivity contribution in [2.45, 2.75) is 26.4 Å². The first-order valence-electron chi connectivity index (χ1n) is 6.44. The van der Waals surface area contributed by atoms with Crippen LogP contribution in [0.3, 0.4) is 0 Å². The van der Waals surface area contributed by atoms with E-state index in [-0.39, 0.29) is 0 Å². The Morgan fingerprint density at radius 1 is 1.33 bits per heavy atom. The molecule has 2 rings (SSSR count). The minimum Gasteiger partial charge on any atom is -0.309 e. The topological polar surface area (TPSA) is 24.9 Å². The molecule has 0 bridgehead atoms. The number of fused-ring (bicyclic) bond motifs is 1. The van der Waals surface area contributed by atoms with E-state index in [2.05, 4.69) is 48.4 Å². The summed E-state index contributed by atoms with van der Waals surface area (Å²) in [4.78, 5) is 4.33. The van der Waals surface area contributed by atoms with Gasteiger partial charge >= 0.3 is 0 Å². The monoisotopic (exact) mass is 260 g/mol. The zero-order valence-corrected chi connectivity index (χ0v) is 11.8. The molecule has 18 heavy (non-hydrogen) atoms. The number of benzene rings is 1. The maximum absolute atomic E-state index is 4.33. The minimum absolute atomic E-state index is 0.555. The Morgan fingerprint density at radius 3 is 3.06 bits per heavy atom. The molecule has 1 N–H and O–H groups in total. The van der Waals surface area contributed by atoms with Gasteiger partial charge in [-0.1, -0.05) is 19.1 Å². The van der Waals surface area contributed by atoms with Gasteiger partial charge in [0.25, 0.3) is 0 Å².